The van der Waals surface area contributed by atoms with Crippen LogP contribution < -0.4 is 5.32 Å². The summed E-state index contributed by atoms with van der Waals surface area (Å²) in [6, 6.07) is 3.89. The van der Waals surface area contributed by atoms with Crippen LogP contribution in [0.4, 0.5) is 0 Å². The fourth-order valence-corrected chi connectivity index (χ4v) is 1.36. The second kappa shape index (κ2) is 7.03. The van der Waals surface area contributed by atoms with E-state index in [4.69, 9.17) is 4.74 Å². The van der Waals surface area contributed by atoms with Gasteiger partial charge >= 0.3 is 5.97 Å². The first-order valence-electron chi connectivity index (χ1n) is 5.18. The molecule has 1 heterocycles. The van der Waals surface area contributed by atoms with Crippen LogP contribution in [0.25, 0.3) is 0 Å². The molecule has 0 aliphatic heterocycles. The topological polar surface area (TPSA) is 52.5 Å². The Balaban J connectivity index is 2.41. The highest BCUT2D eigenvalue weighted by atomic mass is 16.5. The maximum absolute atomic E-state index is 11.1. The van der Waals surface area contributed by atoms with Crippen molar-refractivity contribution < 1.29 is 14.3 Å². The Morgan fingerprint density at radius 1 is 1.50 bits per heavy atom. The van der Waals surface area contributed by atoms with E-state index in [-0.39, 0.29) is 12.5 Å². The standard InChI is InChI=1S/C11H18N2O3/c1-15-7-5-12-8-10-4-3-6-13(10)9-11(14)16-2/h3-4,6,12H,5,7-9H2,1-2H3. The molecule has 0 amide bonds. The van der Waals surface area contributed by atoms with Crippen molar-refractivity contribution in [2.45, 2.75) is 13.1 Å². The SMILES string of the molecule is COCCNCc1cccn1CC(=O)OC. The van der Waals surface area contributed by atoms with Gasteiger partial charge in [-0.25, -0.2) is 0 Å². The Morgan fingerprint density at radius 2 is 2.31 bits per heavy atom. The predicted molar refractivity (Wildman–Crippen MR) is 60.0 cm³/mol. The minimum Gasteiger partial charge on any atom is -0.468 e. The second-order valence-corrected chi connectivity index (χ2v) is 3.37. The molecular weight excluding hydrogens is 208 g/mol. The van der Waals surface area contributed by atoms with E-state index < -0.39 is 0 Å². The van der Waals surface area contributed by atoms with Gasteiger partial charge in [0.25, 0.3) is 0 Å². The third kappa shape index (κ3) is 4.04. The molecule has 16 heavy (non-hydrogen) atoms. The van der Waals surface area contributed by atoms with Gasteiger partial charge in [0.15, 0.2) is 0 Å². The number of nitrogens with zero attached hydrogens (tertiary/aromatic N) is 1. The molecule has 0 aliphatic rings. The summed E-state index contributed by atoms with van der Waals surface area (Å²) in [4.78, 5) is 11.1. The van der Waals surface area contributed by atoms with Crippen LogP contribution in [0.1, 0.15) is 5.69 Å². The molecular formula is C11H18N2O3. The number of carbonyl (C=O) groups excluding carboxylic acids is 1. The zero-order chi connectivity index (χ0) is 11.8. The van der Waals surface area contributed by atoms with Crippen LogP contribution in [0.2, 0.25) is 0 Å². The fourth-order valence-electron chi connectivity index (χ4n) is 1.36. The molecule has 5 nitrogen and oxygen atoms in total. The van der Waals surface area contributed by atoms with Gasteiger partial charge in [0.2, 0.25) is 0 Å². The highest BCUT2D eigenvalue weighted by Crippen LogP contribution is 2.02. The molecule has 5 heteroatoms. The normalized spacial score (nSPS) is 10.4. The Morgan fingerprint density at radius 3 is 3.00 bits per heavy atom. The maximum Gasteiger partial charge on any atom is 0.325 e. The van der Waals surface area contributed by atoms with Gasteiger partial charge in [0.1, 0.15) is 6.54 Å². The summed E-state index contributed by atoms with van der Waals surface area (Å²) in [7, 11) is 3.06. The minimum absolute atomic E-state index is 0.241. The highest BCUT2D eigenvalue weighted by molar-refractivity contribution is 5.69. The Labute approximate surface area is 95.3 Å². The van der Waals surface area contributed by atoms with Crippen LogP contribution in [0, 0.1) is 0 Å². The summed E-state index contributed by atoms with van der Waals surface area (Å²) in [5.74, 6) is -0.241. The average molecular weight is 226 g/mol. The van der Waals surface area contributed by atoms with E-state index in [2.05, 4.69) is 10.1 Å². The number of nitrogens with one attached hydrogen (secondary N) is 1. The highest BCUT2D eigenvalue weighted by Gasteiger charge is 2.05. The monoisotopic (exact) mass is 226 g/mol. The molecule has 0 unspecified atom stereocenters. The first kappa shape index (κ1) is 12.7. The van der Waals surface area contributed by atoms with Crippen molar-refractivity contribution in [1.29, 1.82) is 0 Å². The number of ether oxygens (including phenoxy) is 2. The summed E-state index contributed by atoms with van der Waals surface area (Å²) < 4.78 is 11.4. The molecule has 0 saturated heterocycles. The van der Waals surface area contributed by atoms with E-state index >= 15 is 0 Å². The van der Waals surface area contributed by atoms with E-state index in [0.29, 0.717) is 13.2 Å². The molecule has 0 fully saturated rings. The zero-order valence-corrected chi connectivity index (χ0v) is 9.73. The number of methoxy groups -OCH3 is 2. The number of hydrogen-bond donors (Lipinski definition) is 1. The molecule has 0 radical (unpaired) electrons. The molecule has 0 bridgehead atoms. The number of esters is 1. The molecule has 1 aromatic heterocycles. The van der Waals surface area contributed by atoms with Crippen LogP contribution in [-0.4, -0.2) is 37.9 Å². The summed E-state index contributed by atoms with van der Waals surface area (Å²) in [6.45, 7) is 2.44. The van der Waals surface area contributed by atoms with E-state index in [0.717, 1.165) is 12.2 Å². The molecule has 0 atom stereocenters. The van der Waals surface area contributed by atoms with Crippen molar-refractivity contribution in [3.05, 3.63) is 24.0 Å². The van der Waals surface area contributed by atoms with Gasteiger partial charge in [-0.1, -0.05) is 0 Å². The lowest BCUT2D eigenvalue weighted by molar-refractivity contribution is -0.141. The van der Waals surface area contributed by atoms with Crippen molar-refractivity contribution in [2.75, 3.05) is 27.4 Å². The van der Waals surface area contributed by atoms with Crippen LogP contribution in [0.3, 0.4) is 0 Å². The Kier molecular flexibility index (Phi) is 5.60. The van der Waals surface area contributed by atoms with Crippen LogP contribution >= 0.6 is 0 Å². The third-order valence-electron chi connectivity index (χ3n) is 2.24. The van der Waals surface area contributed by atoms with Gasteiger partial charge in [-0.2, -0.15) is 0 Å². The second-order valence-electron chi connectivity index (χ2n) is 3.37. The lowest BCUT2D eigenvalue weighted by Gasteiger charge is -2.08. The largest absolute Gasteiger partial charge is 0.468 e. The van der Waals surface area contributed by atoms with Crippen LogP contribution in [0.15, 0.2) is 18.3 Å². The van der Waals surface area contributed by atoms with Gasteiger partial charge in [-0.3, -0.25) is 4.79 Å². The van der Waals surface area contributed by atoms with E-state index in [1.807, 2.05) is 22.9 Å². The Hall–Kier alpha value is -1.33. The van der Waals surface area contributed by atoms with Gasteiger partial charge in [0.05, 0.1) is 13.7 Å². The first-order valence-corrected chi connectivity index (χ1v) is 5.18. The maximum atomic E-state index is 11.1. The van der Waals surface area contributed by atoms with Gasteiger partial charge in [-0.15, -0.1) is 0 Å². The predicted octanol–water partition coefficient (Wildman–Crippen LogP) is 0.397. The third-order valence-corrected chi connectivity index (χ3v) is 2.24. The molecule has 1 N–H and O–H groups in total. The van der Waals surface area contributed by atoms with Gasteiger partial charge in [-0.05, 0) is 12.1 Å². The summed E-state index contributed by atoms with van der Waals surface area (Å²) in [6.07, 6.45) is 1.87. The van der Waals surface area contributed by atoms with Crippen LogP contribution in [-0.2, 0) is 27.4 Å². The molecule has 1 rings (SSSR count). The van der Waals surface area contributed by atoms with E-state index in [1.165, 1.54) is 7.11 Å². The van der Waals surface area contributed by atoms with Gasteiger partial charge in [0, 0.05) is 32.1 Å². The number of carbonyl (C=O) groups is 1. The van der Waals surface area contributed by atoms with Gasteiger partial charge < -0.3 is 19.4 Å². The minimum atomic E-state index is -0.241. The summed E-state index contributed by atoms with van der Waals surface area (Å²) in [5, 5.41) is 3.22. The lowest BCUT2D eigenvalue weighted by Crippen LogP contribution is -2.21. The average Bonchev–Trinajstić information content (AvgIpc) is 2.72. The first-order chi connectivity index (χ1) is 7.77. The molecule has 0 aliphatic carbocycles. The molecule has 0 spiro atoms. The molecule has 90 valence electrons. The summed E-state index contributed by atoms with van der Waals surface area (Å²) in [5.41, 5.74) is 1.06. The smallest absolute Gasteiger partial charge is 0.325 e. The summed E-state index contributed by atoms with van der Waals surface area (Å²) >= 11 is 0. The quantitative estimate of drug-likeness (QED) is 0.540. The number of hydrogen-bond acceptors (Lipinski definition) is 4. The van der Waals surface area contributed by atoms with Crippen molar-refractivity contribution in [3.8, 4) is 0 Å². The van der Waals surface area contributed by atoms with Crippen molar-refractivity contribution in [2.24, 2.45) is 0 Å². The zero-order valence-electron chi connectivity index (χ0n) is 9.73. The van der Waals surface area contributed by atoms with E-state index in [1.54, 1.807) is 7.11 Å². The molecule has 0 aromatic carbocycles. The van der Waals surface area contributed by atoms with Crippen molar-refractivity contribution in [3.63, 3.8) is 0 Å². The molecule has 0 saturated carbocycles. The number of aromatic nitrogens is 1. The number of rotatable bonds is 7. The van der Waals surface area contributed by atoms with Crippen LogP contribution in [0.5, 0.6) is 0 Å². The van der Waals surface area contributed by atoms with Crippen molar-refractivity contribution >= 4 is 5.97 Å². The molecule has 1 aromatic rings. The lowest BCUT2D eigenvalue weighted by atomic mass is 10.4. The fraction of sp³-hybridized carbons (Fsp3) is 0.545. The van der Waals surface area contributed by atoms with Crippen molar-refractivity contribution in [1.82, 2.24) is 9.88 Å². The Bertz CT molecular complexity index is 323. The van der Waals surface area contributed by atoms with E-state index in [9.17, 15) is 4.79 Å².